The Hall–Kier alpha value is -1.06. The van der Waals surface area contributed by atoms with E-state index in [0.717, 1.165) is 26.2 Å². The fourth-order valence-corrected chi connectivity index (χ4v) is 2.13. The van der Waals surface area contributed by atoms with E-state index in [4.69, 9.17) is 0 Å². The van der Waals surface area contributed by atoms with Crippen molar-refractivity contribution >= 4 is 5.69 Å². The van der Waals surface area contributed by atoms with Crippen molar-refractivity contribution in [2.24, 2.45) is 0 Å². The molecule has 1 aromatic carbocycles. The first-order valence-corrected chi connectivity index (χ1v) is 7.20. The van der Waals surface area contributed by atoms with E-state index < -0.39 is 0 Å². The lowest BCUT2D eigenvalue weighted by molar-refractivity contribution is 0.401. The van der Waals surface area contributed by atoms with E-state index >= 15 is 0 Å². The van der Waals surface area contributed by atoms with Gasteiger partial charge in [0.15, 0.2) is 0 Å². The zero-order chi connectivity index (χ0) is 14.3. The van der Waals surface area contributed by atoms with Crippen LogP contribution in [0.1, 0.15) is 24.5 Å². The molecule has 1 aromatic rings. The van der Waals surface area contributed by atoms with Crippen molar-refractivity contribution in [3.63, 3.8) is 0 Å². The predicted octanol–water partition coefficient (Wildman–Crippen LogP) is 2.49. The molecular weight excluding hydrogens is 234 g/mol. The van der Waals surface area contributed by atoms with Crippen molar-refractivity contribution in [2.45, 2.75) is 26.8 Å². The highest BCUT2D eigenvalue weighted by Crippen LogP contribution is 2.18. The van der Waals surface area contributed by atoms with Crippen LogP contribution in [-0.2, 0) is 6.54 Å². The monoisotopic (exact) mass is 263 g/mol. The van der Waals surface area contributed by atoms with Crippen LogP contribution in [-0.4, -0.2) is 45.7 Å². The molecule has 3 heteroatoms. The Bertz CT molecular complexity index is 374. The molecule has 0 radical (unpaired) electrons. The maximum Gasteiger partial charge on any atom is 0.0366 e. The molecule has 3 nitrogen and oxygen atoms in total. The minimum atomic E-state index is 0.965. The van der Waals surface area contributed by atoms with Gasteiger partial charge in [0.25, 0.3) is 0 Å². The molecule has 0 atom stereocenters. The second-order valence-electron chi connectivity index (χ2n) is 5.47. The van der Waals surface area contributed by atoms with Crippen molar-refractivity contribution in [3.8, 4) is 0 Å². The van der Waals surface area contributed by atoms with Gasteiger partial charge in [-0.2, -0.15) is 0 Å². The topological polar surface area (TPSA) is 18.5 Å². The molecule has 0 aliphatic carbocycles. The Kier molecular flexibility index (Phi) is 6.89. The molecule has 0 amide bonds. The molecule has 0 spiro atoms. The molecule has 0 aromatic heterocycles. The molecule has 0 aliphatic heterocycles. The first-order chi connectivity index (χ1) is 9.04. The van der Waals surface area contributed by atoms with Crippen LogP contribution >= 0.6 is 0 Å². The number of nitrogens with zero attached hydrogens (tertiary/aromatic N) is 2. The standard InChI is InChI=1S/C16H29N3/c1-6-17-13-15-8-9-16(12-14(15)2)19(5)11-7-10-18(3)4/h8-9,12,17H,6-7,10-11,13H2,1-5H3. The Morgan fingerprint density at radius 1 is 1.11 bits per heavy atom. The van der Waals surface area contributed by atoms with Gasteiger partial charge in [-0.05, 0) is 63.8 Å². The van der Waals surface area contributed by atoms with Crippen LogP contribution < -0.4 is 10.2 Å². The predicted molar refractivity (Wildman–Crippen MR) is 85.0 cm³/mol. The number of rotatable bonds is 8. The van der Waals surface area contributed by atoms with Gasteiger partial charge in [-0.1, -0.05) is 13.0 Å². The van der Waals surface area contributed by atoms with Crippen LogP contribution in [0.4, 0.5) is 5.69 Å². The number of anilines is 1. The van der Waals surface area contributed by atoms with E-state index in [1.165, 1.54) is 23.2 Å². The molecule has 0 fully saturated rings. The fourth-order valence-electron chi connectivity index (χ4n) is 2.13. The third-order valence-electron chi connectivity index (χ3n) is 3.43. The van der Waals surface area contributed by atoms with Crippen LogP contribution in [0.2, 0.25) is 0 Å². The summed E-state index contributed by atoms with van der Waals surface area (Å²) < 4.78 is 0. The van der Waals surface area contributed by atoms with E-state index in [1.807, 2.05) is 0 Å². The van der Waals surface area contributed by atoms with Crippen molar-refractivity contribution in [3.05, 3.63) is 29.3 Å². The lowest BCUT2D eigenvalue weighted by Crippen LogP contribution is -2.23. The van der Waals surface area contributed by atoms with Crippen LogP contribution in [0.15, 0.2) is 18.2 Å². The molecule has 1 N–H and O–H groups in total. The van der Waals surface area contributed by atoms with Crippen molar-refractivity contribution < 1.29 is 0 Å². The smallest absolute Gasteiger partial charge is 0.0366 e. The number of hydrogen-bond acceptors (Lipinski definition) is 3. The Morgan fingerprint density at radius 2 is 1.84 bits per heavy atom. The van der Waals surface area contributed by atoms with Gasteiger partial charge in [0.2, 0.25) is 0 Å². The quantitative estimate of drug-likeness (QED) is 0.777. The number of hydrogen-bond donors (Lipinski definition) is 1. The molecule has 19 heavy (non-hydrogen) atoms. The van der Waals surface area contributed by atoms with E-state index in [-0.39, 0.29) is 0 Å². The molecular formula is C16H29N3. The first kappa shape index (κ1) is 16.0. The van der Waals surface area contributed by atoms with Gasteiger partial charge in [-0.3, -0.25) is 0 Å². The summed E-state index contributed by atoms with van der Waals surface area (Å²) in [6, 6.07) is 6.77. The summed E-state index contributed by atoms with van der Waals surface area (Å²) in [5.41, 5.74) is 4.08. The molecule has 0 saturated carbocycles. The summed E-state index contributed by atoms with van der Waals surface area (Å²) in [7, 11) is 6.42. The largest absolute Gasteiger partial charge is 0.375 e. The number of aryl methyl sites for hydroxylation is 1. The van der Waals surface area contributed by atoms with Gasteiger partial charge in [0, 0.05) is 25.8 Å². The Labute approximate surface area is 118 Å². The summed E-state index contributed by atoms with van der Waals surface area (Å²) in [6.45, 7) is 8.57. The highest BCUT2D eigenvalue weighted by atomic mass is 15.1. The van der Waals surface area contributed by atoms with Gasteiger partial charge < -0.3 is 15.1 Å². The van der Waals surface area contributed by atoms with Gasteiger partial charge in [-0.25, -0.2) is 0 Å². The van der Waals surface area contributed by atoms with Crippen molar-refractivity contribution in [1.82, 2.24) is 10.2 Å². The van der Waals surface area contributed by atoms with E-state index in [9.17, 15) is 0 Å². The molecule has 0 unspecified atom stereocenters. The lowest BCUT2D eigenvalue weighted by atomic mass is 10.1. The molecule has 1 rings (SSSR count). The van der Waals surface area contributed by atoms with Crippen LogP contribution in [0.5, 0.6) is 0 Å². The summed E-state index contributed by atoms with van der Waals surface area (Å²) in [4.78, 5) is 4.58. The zero-order valence-corrected chi connectivity index (χ0v) is 13.2. The highest BCUT2D eigenvalue weighted by Gasteiger charge is 2.04. The molecule has 0 aliphatic rings. The number of benzene rings is 1. The average molecular weight is 263 g/mol. The Morgan fingerprint density at radius 3 is 2.42 bits per heavy atom. The maximum atomic E-state index is 3.38. The van der Waals surface area contributed by atoms with Crippen molar-refractivity contribution in [2.75, 3.05) is 45.7 Å². The van der Waals surface area contributed by atoms with Crippen LogP contribution in [0.3, 0.4) is 0 Å². The SMILES string of the molecule is CCNCc1ccc(N(C)CCCN(C)C)cc1C. The zero-order valence-electron chi connectivity index (χ0n) is 13.2. The third kappa shape index (κ3) is 5.62. The van der Waals surface area contributed by atoms with Gasteiger partial charge in [-0.15, -0.1) is 0 Å². The van der Waals surface area contributed by atoms with Gasteiger partial charge >= 0.3 is 0 Å². The van der Waals surface area contributed by atoms with Crippen LogP contribution in [0.25, 0.3) is 0 Å². The van der Waals surface area contributed by atoms with Crippen LogP contribution in [0, 0.1) is 6.92 Å². The molecule has 0 bridgehead atoms. The fraction of sp³-hybridized carbons (Fsp3) is 0.625. The second kappa shape index (κ2) is 8.18. The molecule has 0 heterocycles. The van der Waals surface area contributed by atoms with Gasteiger partial charge in [0.05, 0.1) is 0 Å². The molecule has 0 saturated heterocycles. The first-order valence-electron chi connectivity index (χ1n) is 7.20. The summed E-state index contributed by atoms with van der Waals surface area (Å²) in [6.07, 6.45) is 1.20. The minimum Gasteiger partial charge on any atom is -0.375 e. The summed E-state index contributed by atoms with van der Waals surface area (Å²) in [5.74, 6) is 0. The minimum absolute atomic E-state index is 0.965. The van der Waals surface area contributed by atoms with E-state index in [0.29, 0.717) is 0 Å². The average Bonchev–Trinajstić information content (AvgIpc) is 2.36. The number of nitrogens with one attached hydrogen (secondary N) is 1. The van der Waals surface area contributed by atoms with E-state index in [2.05, 4.69) is 68.3 Å². The third-order valence-corrected chi connectivity index (χ3v) is 3.43. The van der Waals surface area contributed by atoms with E-state index in [1.54, 1.807) is 0 Å². The lowest BCUT2D eigenvalue weighted by Gasteiger charge is -2.21. The normalized spacial score (nSPS) is 11.1. The van der Waals surface area contributed by atoms with Gasteiger partial charge in [0.1, 0.15) is 0 Å². The Balaban J connectivity index is 2.56. The molecule has 108 valence electrons. The second-order valence-corrected chi connectivity index (χ2v) is 5.47. The summed E-state index contributed by atoms with van der Waals surface area (Å²) >= 11 is 0. The maximum absolute atomic E-state index is 3.38. The summed E-state index contributed by atoms with van der Waals surface area (Å²) in [5, 5.41) is 3.38. The van der Waals surface area contributed by atoms with Crippen molar-refractivity contribution in [1.29, 1.82) is 0 Å². The highest BCUT2D eigenvalue weighted by molar-refractivity contribution is 5.50.